The largest absolute Gasteiger partial charge is 0.326 e. The van der Waals surface area contributed by atoms with Gasteiger partial charge in [0.15, 0.2) is 0 Å². The second-order valence-corrected chi connectivity index (χ2v) is 5.22. The monoisotopic (exact) mass is 233 g/mol. The summed E-state index contributed by atoms with van der Waals surface area (Å²) in [5, 5.41) is 3.01. The number of carbonyl (C=O) groups excluding carboxylic acids is 1. The van der Waals surface area contributed by atoms with Crippen LogP contribution in [0.25, 0.3) is 0 Å². The zero-order valence-corrected chi connectivity index (χ0v) is 11.3. The Bertz CT molecular complexity index is 369. The first-order valence-corrected chi connectivity index (χ1v) is 6.39. The van der Waals surface area contributed by atoms with E-state index in [0.29, 0.717) is 18.3 Å². The lowest BCUT2D eigenvalue weighted by molar-refractivity contribution is -0.116. The van der Waals surface area contributed by atoms with Crippen molar-refractivity contribution < 1.29 is 4.79 Å². The number of para-hydroxylation sites is 1. The lowest BCUT2D eigenvalue weighted by Crippen LogP contribution is -2.13. The van der Waals surface area contributed by atoms with E-state index in [-0.39, 0.29) is 5.91 Å². The Balaban J connectivity index is 2.65. The minimum Gasteiger partial charge on any atom is -0.326 e. The van der Waals surface area contributed by atoms with Crippen LogP contribution in [0, 0.1) is 5.92 Å². The predicted molar refractivity (Wildman–Crippen MR) is 73.2 cm³/mol. The molecule has 1 N–H and O–H groups in total. The van der Waals surface area contributed by atoms with Crippen LogP contribution in [-0.2, 0) is 4.79 Å². The molecule has 0 atom stereocenters. The Labute approximate surface area is 104 Å². The molecule has 1 rings (SSSR count). The van der Waals surface area contributed by atoms with Crippen LogP contribution in [0.4, 0.5) is 5.69 Å². The number of rotatable bonds is 5. The highest BCUT2D eigenvalue weighted by Gasteiger charge is 2.09. The van der Waals surface area contributed by atoms with Crippen molar-refractivity contribution in [2.45, 2.75) is 46.5 Å². The van der Waals surface area contributed by atoms with Gasteiger partial charge in [-0.15, -0.1) is 0 Å². The highest BCUT2D eigenvalue weighted by molar-refractivity contribution is 5.91. The van der Waals surface area contributed by atoms with E-state index in [0.717, 1.165) is 12.1 Å². The summed E-state index contributed by atoms with van der Waals surface area (Å²) < 4.78 is 0. The molecule has 0 aliphatic carbocycles. The van der Waals surface area contributed by atoms with Crippen LogP contribution >= 0.6 is 0 Å². The number of anilines is 1. The van der Waals surface area contributed by atoms with Gasteiger partial charge in [0, 0.05) is 12.1 Å². The topological polar surface area (TPSA) is 29.1 Å². The van der Waals surface area contributed by atoms with Crippen LogP contribution in [-0.4, -0.2) is 5.91 Å². The summed E-state index contributed by atoms with van der Waals surface area (Å²) in [5.74, 6) is 1.12. The highest BCUT2D eigenvalue weighted by Crippen LogP contribution is 2.23. The molecule has 1 aromatic carbocycles. The van der Waals surface area contributed by atoms with Gasteiger partial charge >= 0.3 is 0 Å². The molecule has 0 saturated carbocycles. The molecule has 94 valence electrons. The van der Waals surface area contributed by atoms with Crippen LogP contribution in [0.5, 0.6) is 0 Å². The van der Waals surface area contributed by atoms with Gasteiger partial charge in [0.1, 0.15) is 0 Å². The number of hydrogen-bond acceptors (Lipinski definition) is 1. The maximum Gasteiger partial charge on any atom is 0.224 e. The van der Waals surface area contributed by atoms with Crippen LogP contribution in [0.1, 0.15) is 52.0 Å². The lowest BCUT2D eigenvalue weighted by atomic mass is 10.0. The quantitative estimate of drug-likeness (QED) is 0.812. The van der Waals surface area contributed by atoms with Crippen molar-refractivity contribution in [2.75, 3.05) is 5.32 Å². The van der Waals surface area contributed by atoms with Gasteiger partial charge in [-0.2, -0.15) is 0 Å². The summed E-state index contributed by atoms with van der Waals surface area (Å²) in [5.41, 5.74) is 2.15. The fourth-order valence-corrected chi connectivity index (χ4v) is 1.75. The Morgan fingerprint density at radius 3 is 2.41 bits per heavy atom. The second kappa shape index (κ2) is 6.43. The van der Waals surface area contributed by atoms with E-state index in [1.807, 2.05) is 18.2 Å². The molecule has 1 aromatic rings. The summed E-state index contributed by atoms with van der Waals surface area (Å²) in [6.45, 7) is 8.54. The lowest BCUT2D eigenvalue weighted by Gasteiger charge is -2.13. The maximum atomic E-state index is 11.8. The molecule has 0 aromatic heterocycles. The minimum atomic E-state index is 0.117. The molecule has 2 heteroatoms. The standard InChI is InChI=1S/C15H23NO/c1-11(2)9-10-15(17)16-14-8-6-5-7-13(14)12(3)4/h5-8,11-12H,9-10H2,1-4H3,(H,16,17). The van der Waals surface area contributed by atoms with Gasteiger partial charge in [0.2, 0.25) is 5.91 Å². The fourth-order valence-electron chi connectivity index (χ4n) is 1.75. The maximum absolute atomic E-state index is 11.8. The molecular formula is C15H23NO. The first-order chi connectivity index (χ1) is 8.00. The van der Waals surface area contributed by atoms with E-state index >= 15 is 0 Å². The SMILES string of the molecule is CC(C)CCC(=O)Nc1ccccc1C(C)C. The molecule has 2 nitrogen and oxygen atoms in total. The summed E-state index contributed by atoms with van der Waals surface area (Å²) in [4.78, 5) is 11.8. The highest BCUT2D eigenvalue weighted by atomic mass is 16.1. The van der Waals surface area contributed by atoms with Gasteiger partial charge in [-0.25, -0.2) is 0 Å². The van der Waals surface area contributed by atoms with Gasteiger partial charge in [0.25, 0.3) is 0 Å². The molecule has 0 spiro atoms. The van der Waals surface area contributed by atoms with Crippen molar-refractivity contribution in [3.8, 4) is 0 Å². The number of nitrogens with one attached hydrogen (secondary N) is 1. The number of amides is 1. The van der Waals surface area contributed by atoms with Crippen molar-refractivity contribution in [3.63, 3.8) is 0 Å². The first-order valence-electron chi connectivity index (χ1n) is 6.39. The third-order valence-electron chi connectivity index (χ3n) is 2.81. The van der Waals surface area contributed by atoms with Crippen molar-refractivity contribution in [3.05, 3.63) is 29.8 Å². The van der Waals surface area contributed by atoms with Crippen molar-refractivity contribution in [2.24, 2.45) is 5.92 Å². The molecule has 0 fully saturated rings. The van der Waals surface area contributed by atoms with Gasteiger partial charge in [-0.1, -0.05) is 45.9 Å². The summed E-state index contributed by atoms with van der Waals surface area (Å²) in [6, 6.07) is 8.02. The van der Waals surface area contributed by atoms with Crippen LogP contribution in [0.2, 0.25) is 0 Å². The normalized spacial score (nSPS) is 10.9. The average Bonchev–Trinajstić information content (AvgIpc) is 2.27. The molecule has 0 heterocycles. The number of hydrogen-bond donors (Lipinski definition) is 1. The number of carbonyl (C=O) groups is 1. The Hall–Kier alpha value is -1.31. The average molecular weight is 233 g/mol. The fraction of sp³-hybridized carbons (Fsp3) is 0.533. The predicted octanol–water partition coefficient (Wildman–Crippen LogP) is 4.18. The number of benzene rings is 1. The Kier molecular flexibility index (Phi) is 5.20. The third-order valence-corrected chi connectivity index (χ3v) is 2.81. The molecule has 0 aliphatic rings. The molecule has 1 amide bonds. The molecule has 0 bridgehead atoms. The van der Waals surface area contributed by atoms with Crippen molar-refractivity contribution in [1.82, 2.24) is 0 Å². The van der Waals surface area contributed by atoms with Gasteiger partial charge in [-0.3, -0.25) is 4.79 Å². The molecule has 0 aliphatic heterocycles. The molecular weight excluding hydrogens is 210 g/mol. The Morgan fingerprint density at radius 2 is 1.82 bits per heavy atom. The van der Waals surface area contributed by atoms with E-state index in [1.165, 1.54) is 5.56 Å². The summed E-state index contributed by atoms with van der Waals surface area (Å²) >= 11 is 0. The van der Waals surface area contributed by atoms with E-state index in [2.05, 4.69) is 39.1 Å². The zero-order valence-electron chi connectivity index (χ0n) is 11.3. The van der Waals surface area contributed by atoms with Crippen LogP contribution in [0.15, 0.2) is 24.3 Å². The summed E-state index contributed by atoms with van der Waals surface area (Å²) in [6.07, 6.45) is 1.54. The van der Waals surface area contributed by atoms with Gasteiger partial charge in [0.05, 0.1) is 0 Å². The summed E-state index contributed by atoms with van der Waals surface area (Å²) in [7, 11) is 0. The van der Waals surface area contributed by atoms with Gasteiger partial charge in [-0.05, 0) is 29.9 Å². The van der Waals surface area contributed by atoms with Crippen LogP contribution in [0.3, 0.4) is 0 Å². The zero-order chi connectivity index (χ0) is 12.8. The minimum absolute atomic E-state index is 0.117. The van der Waals surface area contributed by atoms with Crippen LogP contribution < -0.4 is 5.32 Å². The third kappa shape index (κ3) is 4.59. The van der Waals surface area contributed by atoms with E-state index in [4.69, 9.17) is 0 Å². The second-order valence-electron chi connectivity index (χ2n) is 5.22. The Morgan fingerprint density at radius 1 is 1.18 bits per heavy atom. The van der Waals surface area contributed by atoms with Crippen molar-refractivity contribution >= 4 is 11.6 Å². The molecule has 0 saturated heterocycles. The molecule has 17 heavy (non-hydrogen) atoms. The van der Waals surface area contributed by atoms with E-state index in [1.54, 1.807) is 0 Å². The van der Waals surface area contributed by atoms with E-state index in [9.17, 15) is 4.79 Å². The van der Waals surface area contributed by atoms with Crippen molar-refractivity contribution in [1.29, 1.82) is 0 Å². The first kappa shape index (κ1) is 13.8. The van der Waals surface area contributed by atoms with E-state index < -0.39 is 0 Å². The molecule has 0 radical (unpaired) electrons. The van der Waals surface area contributed by atoms with Gasteiger partial charge < -0.3 is 5.32 Å². The molecule has 0 unspecified atom stereocenters. The smallest absolute Gasteiger partial charge is 0.224 e.